The van der Waals surface area contributed by atoms with Gasteiger partial charge in [0.1, 0.15) is 0 Å². The van der Waals surface area contributed by atoms with Gasteiger partial charge in [0.2, 0.25) is 10.0 Å². The molecule has 9 nitrogen and oxygen atoms in total. The highest BCUT2D eigenvalue weighted by Gasteiger charge is 2.33. The molecule has 0 atom stereocenters. The predicted octanol–water partition coefficient (Wildman–Crippen LogP) is 3.94. The lowest BCUT2D eigenvalue weighted by Crippen LogP contribution is -2.33. The Hall–Kier alpha value is -3.63. The van der Waals surface area contributed by atoms with Gasteiger partial charge in [0.25, 0.3) is 11.4 Å². The number of sulfonamides is 1. The number of benzene rings is 3. The van der Waals surface area contributed by atoms with E-state index in [1.807, 2.05) is 30.3 Å². The van der Waals surface area contributed by atoms with Crippen LogP contribution in [0.2, 0.25) is 0 Å². The summed E-state index contributed by atoms with van der Waals surface area (Å²) >= 11 is 0. The Kier molecular flexibility index (Phi) is 6.73. The van der Waals surface area contributed by atoms with Crippen LogP contribution in [0.3, 0.4) is 0 Å². The van der Waals surface area contributed by atoms with E-state index >= 15 is 0 Å². The molecule has 0 amide bonds. The molecule has 0 saturated carbocycles. The minimum atomic E-state index is -4.32. The molecule has 0 aliphatic rings. The maximum absolute atomic E-state index is 13.4. The smallest absolute Gasteiger partial charge is 0.258 e. The molecule has 0 fully saturated rings. The molecule has 31 heavy (non-hydrogen) atoms. The van der Waals surface area contributed by atoms with Crippen molar-refractivity contribution in [3.63, 3.8) is 0 Å². The quantitative estimate of drug-likeness (QED) is 0.366. The van der Waals surface area contributed by atoms with Crippen molar-refractivity contribution >= 4 is 21.4 Å². The highest BCUT2D eigenvalue weighted by molar-refractivity contribution is 7.89. The van der Waals surface area contributed by atoms with Gasteiger partial charge in [-0.05, 0) is 23.6 Å². The third-order valence-corrected chi connectivity index (χ3v) is 6.55. The summed E-state index contributed by atoms with van der Waals surface area (Å²) in [5, 5.41) is 22.5. The van der Waals surface area contributed by atoms with E-state index in [4.69, 9.17) is 0 Å². The number of nitro benzene ring substituents is 2. The molecule has 3 aromatic rings. The first-order chi connectivity index (χ1) is 14.8. The van der Waals surface area contributed by atoms with Gasteiger partial charge in [-0.15, -0.1) is 0 Å². The average molecular weight is 441 g/mol. The zero-order valence-corrected chi connectivity index (χ0v) is 17.1. The fraction of sp³-hybridized carbons (Fsp3) is 0.143. The van der Waals surface area contributed by atoms with Crippen LogP contribution in [0.15, 0.2) is 83.8 Å². The first kappa shape index (κ1) is 22.1. The fourth-order valence-electron chi connectivity index (χ4n) is 3.09. The van der Waals surface area contributed by atoms with E-state index in [9.17, 15) is 28.6 Å². The first-order valence-corrected chi connectivity index (χ1v) is 10.7. The first-order valence-electron chi connectivity index (χ1n) is 9.30. The minimum absolute atomic E-state index is 0.00412. The number of hydrogen-bond donors (Lipinski definition) is 0. The second-order valence-electron chi connectivity index (χ2n) is 6.73. The fourth-order valence-corrected chi connectivity index (χ4v) is 4.66. The Morgan fingerprint density at radius 1 is 0.774 bits per heavy atom. The van der Waals surface area contributed by atoms with E-state index in [-0.39, 0.29) is 13.1 Å². The molecule has 0 radical (unpaired) electrons. The van der Waals surface area contributed by atoms with Crippen LogP contribution in [-0.2, 0) is 23.0 Å². The lowest BCUT2D eigenvalue weighted by Gasteiger charge is -2.22. The monoisotopic (exact) mass is 441 g/mol. The molecule has 0 spiro atoms. The SMILES string of the molecule is O=[N+]([O-])c1ccc(S(=O)(=O)N(CCc2ccccc2)Cc2ccccc2)c([N+](=O)[O-])c1. The zero-order chi connectivity index (χ0) is 22.4. The van der Waals surface area contributed by atoms with E-state index in [1.54, 1.807) is 30.3 Å². The summed E-state index contributed by atoms with van der Waals surface area (Å²) < 4.78 is 28.0. The lowest BCUT2D eigenvalue weighted by molar-refractivity contribution is -0.396. The Morgan fingerprint density at radius 3 is 1.90 bits per heavy atom. The molecule has 0 bridgehead atoms. The lowest BCUT2D eigenvalue weighted by atomic mass is 10.1. The molecular formula is C21H19N3O6S. The van der Waals surface area contributed by atoms with Gasteiger partial charge in [0.05, 0.1) is 15.9 Å². The van der Waals surface area contributed by atoms with E-state index in [0.717, 1.165) is 22.0 Å². The Bertz CT molecular complexity index is 1180. The van der Waals surface area contributed by atoms with Crippen molar-refractivity contribution in [3.05, 3.63) is 110 Å². The van der Waals surface area contributed by atoms with Crippen LogP contribution in [0.5, 0.6) is 0 Å². The van der Waals surface area contributed by atoms with Gasteiger partial charge in [0.15, 0.2) is 4.90 Å². The summed E-state index contributed by atoms with van der Waals surface area (Å²) in [6, 6.07) is 20.7. The van der Waals surface area contributed by atoms with Gasteiger partial charge in [-0.1, -0.05) is 60.7 Å². The molecule has 0 heterocycles. The van der Waals surface area contributed by atoms with Crippen LogP contribution < -0.4 is 0 Å². The van der Waals surface area contributed by atoms with Crippen molar-refractivity contribution < 1.29 is 18.3 Å². The van der Waals surface area contributed by atoms with Gasteiger partial charge >= 0.3 is 0 Å². The number of non-ortho nitro benzene ring substituents is 1. The average Bonchev–Trinajstić information content (AvgIpc) is 2.77. The van der Waals surface area contributed by atoms with Crippen LogP contribution in [0.4, 0.5) is 11.4 Å². The molecule has 3 rings (SSSR count). The van der Waals surface area contributed by atoms with Crippen molar-refractivity contribution in [2.75, 3.05) is 6.54 Å². The van der Waals surface area contributed by atoms with Crippen molar-refractivity contribution in [1.82, 2.24) is 4.31 Å². The van der Waals surface area contributed by atoms with Crippen molar-refractivity contribution in [2.24, 2.45) is 0 Å². The normalized spacial score (nSPS) is 11.4. The van der Waals surface area contributed by atoms with Crippen LogP contribution in [-0.4, -0.2) is 29.1 Å². The standard InChI is InChI=1S/C21H19N3O6S/c25-23(26)19-11-12-21(20(15-19)24(27)28)31(29,30)22(16-18-9-5-2-6-10-18)14-13-17-7-3-1-4-8-17/h1-12,15H,13-14,16H2. The third kappa shape index (κ3) is 5.30. The second kappa shape index (κ2) is 9.45. The van der Waals surface area contributed by atoms with Gasteiger partial charge in [-0.2, -0.15) is 4.31 Å². The molecule has 0 aliphatic heterocycles. The number of nitro groups is 2. The Morgan fingerprint density at radius 2 is 1.35 bits per heavy atom. The molecular weight excluding hydrogens is 422 g/mol. The third-order valence-electron chi connectivity index (χ3n) is 4.66. The molecule has 0 N–H and O–H groups in total. The largest absolute Gasteiger partial charge is 0.296 e. The maximum Gasteiger partial charge on any atom is 0.296 e. The van der Waals surface area contributed by atoms with Crippen LogP contribution in [0.1, 0.15) is 11.1 Å². The molecule has 0 aromatic heterocycles. The van der Waals surface area contributed by atoms with Crippen molar-refractivity contribution in [1.29, 1.82) is 0 Å². The highest BCUT2D eigenvalue weighted by atomic mass is 32.2. The van der Waals surface area contributed by atoms with Gasteiger partial charge in [-0.3, -0.25) is 20.2 Å². The number of rotatable bonds is 9. The summed E-state index contributed by atoms with van der Waals surface area (Å²) in [6.45, 7) is 0.0829. The molecule has 3 aromatic carbocycles. The number of nitrogens with zero attached hydrogens (tertiary/aromatic N) is 3. The van der Waals surface area contributed by atoms with Crippen molar-refractivity contribution in [2.45, 2.75) is 17.9 Å². The summed E-state index contributed by atoms with van der Waals surface area (Å²) in [7, 11) is -4.32. The zero-order valence-electron chi connectivity index (χ0n) is 16.3. The molecule has 0 unspecified atom stereocenters. The van der Waals surface area contributed by atoms with E-state index < -0.39 is 36.1 Å². The minimum Gasteiger partial charge on any atom is -0.258 e. The Balaban J connectivity index is 2.01. The van der Waals surface area contributed by atoms with E-state index in [1.165, 1.54) is 0 Å². The topological polar surface area (TPSA) is 124 Å². The second-order valence-corrected chi connectivity index (χ2v) is 8.63. The van der Waals surface area contributed by atoms with Gasteiger partial charge in [-0.25, -0.2) is 8.42 Å². The van der Waals surface area contributed by atoms with Gasteiger partial charge < -0.3 is 0 Å². The molecule has 160 valence electrons. The predicted molar refractivity (Wildman–Crippen MR) is 114 cm³/mol. The van der Waals surface area contributed by atoms with Crippen molar-refractivity contribution in [3.8, 4) is 0 Å². The maximum atomic E-state index is 13.4. The highest BCUT2D eigenvalue weighted by Crippen LogP contribution is 2.31. The summed E-state index contributed by atoms with van der Waals surface area (Å²) in [6.07, 6.45) is 0.397. The molecule has 0 saturated heterocycles. The summed E-state index contributed by atoms with van der Waals surface area (Å²) in [5.74, 6) is 0. The summed E-state index contributed by atoms with van der Waals surface area (Å²) in [4.78, 5) is 20.2. The van der Waals surface area contributed by atoms with Crippen LogP contribution in [0.25, 0.3) is 0 Å². The van der Waals surface area contributed by atoms with Gasteiger partial charge in [0, 0.05) is 19.2 Å². The molecule has 0 aliphatic carbocycles. The summed E-state index contributed by atoms with van der Waals surface area (Å²) in [5.41, 5.74) is 0.245. The van der Waals surface area contributed by atoms with Crippen LogP contribution in [0, 0.1) is 20.2 Å². The molecule has 10 heteroatoms. The van der Waals surface area contributed by atoms with E-state index in [2.05, 4.69) is 0 Å². The van der Waals surface area contributed by atoms with E-state index in [0.29, 0.717) is 18.1 Å². The number of hydrogen-bond acceptors (Lipinski definition) is 6. The van der Waals surface area contributed by atoms with Crippen LogP contribution >= 0.6 is 0 Å². The Labute approximate surface area is 178 Å².